The van der Waals surface area contributed by atoms with Crippen LogP contribution in [0.5, 0.6) is 11.5 Å². The summed E-state index contributed by atoms with van der Waals surface area (Å²) >= 11 is 0. The summed E-state index contributed by atoms with van der Waals surface area (Å²) in [6.07, 6.45) is -5.19. The standard InChI is InChI=1S/C23H27F3N2O5/c1-2-32-18-7-3-16(4-8-18)15-20(22(31)27-12-13-29)28-21(30)17-5-9-19(10-6-17)33-14-11-23(24,25)26/h3-10,20,29H,2,11-15H2,1H3,(H,27,31)(H,28,30). The van der Waals surface area contributed by atoms with Gasteiger partial charge in [0.2, 0.25) is 5.91 Å². The first-order valence-electron chi connectivity index (χ1n) is 10.4. The number of ether oxygens (including phenoxy) is 2. The van der Waals surface area contributed by atoms with Crippen molar-refractivity contribution >= 4 is 11.8 Å². The predicted octanol–water partition coefficient (Wildman–Crippen LogP) is 2.87. The van der Waals surface area contributed by atoms with Crippen LogP contribution in [0.4, 0.5) is 13.2 Å². The number of hydrogen-bond donors (Lipinski definition) is 3. The highest BCUT2D eigenvalue weighted by Crippen LogP contribution is 2.20. The summed E-state index contributed by atoms with van der Waals surface area (Å²) in [4.78, 5) is 25.2. The van der Waals surface area contributed by atoms with Gasteiger partial charge in [0.25, 0.3) is 5.91 Å². The largest absolute Gasteiger partial charge is 0.494 e. The van der Waals surface area contributed by atoms with Gasteiger partial charge in [0.15, 0.2) is 0 Å². The van der Waals surface area contributed by atoms with E-state index in [0.717, 1.165) is 5.56 Å². The van der Waals surface area contributed by atoms with Gasteiger partial charge in [-0.1, -0.05) is 12.1 Å². The minimum Gasteiger partial charge on any atom is -0.494 e. The maximum Gasteiger partial charge on any atom is 0.392 e. The molecule has 10 heteroatoms. The molecule has 0 radical (unpaired) electrons. The van der Waals surface area contributed by atoms with Crippen molar-refractivity contribution in [3.05, 3.63) is 59.7 Å². The molecule has 2 aromatic rings. The highest BCUT2D eigenvalue weighted by Gasteiger charge is 2.27. The minimum absolute atomic E-state index is 0.0401. The molecule has 0 aliphatic rings. The number of carbonyl (C=O) groups excluding carboxylic acids is 2. The van der Waals surface area contributed by atoms with Crippen molar-refractivity contribution < 1.29 is 37.3 Å². The number of aliphatic hydroxyl groups is 1. The van der Waals surface area contributed by atoms with Gasteiger partial charge in [-0.3, -0.25) is 9.59 Å². The first-order valence-corrected chi connectivity index (χ1v) is 10.4. The van der Waals surface area contributed by atoms with Crippen LogP contribution in [0.1, 0.15) is 29.3 Å². The fourth-order valence-electron chi connectivity index (χ4n) is 2.86. The second-order valence-corrected chi connectivity index (χ2v) is 7.06. The van der Waals surface area contributed by atoms with Crippen molar-refractivity contribution in [2.24, 2.45) is 0 Å². The Morgan fingerprint density at radius 1 is 1.00 bits per heavy atom. The summed E-state index contributed by atoms with van der Waals surface area (Å²) in [5, 5.41) is 14.2. The fraction of sp³-hybridized carbons (Fsp3) is 0.391. The van der Waals surface area contributed by atoms with E-state index in [1.54, 1.807) is 24.3 Å². The van der Waals surface area contributed by atoms with Gasteiger partial charge in [-0.05, 0) is 48.9 Å². The van der Waals surface area contributed by atoms with E-state index in [4.69, 9.17) is 14.6 Å². The minimum atomic E-state index is -4.31. The van der Waals surface area contributed by atoms with Crippen molar-refractivity contribution in [1.82, 2.24) is 10.6 Å². The summed E-state index contributed by atoms with van der Waals surface area (Å²) in [7, 11) is 0. The Balaban J connectivity index is 2.03. The number of hydrogen-bond acceptors (Lipinski definition) is 5. The van der Waals surface area contributed by atoms with E-state index >= 15 is 0 Å². The lowest BCUT2D eigenvalue weighted by Gasteiger charge is -2.19. The molecular weight excluding hydrogens is 441 g/mol. The van der Waals surface area contributed by atoms with Crippen molar-refractivity contribution in [2.45, 2.75) is 32.0 Å². The lowest BCUT2D eigenvalue weighted by atomic mass is 10.0. The van der Waals surface area contributed by atoms with Crippen LogP contribution in [-0.4, -0.2) is 55.5 Å². The van der Waals surface area contributed by atoms with Crippen molar-refractivity contribution in [1.29, 1.82) is 0 Å². The number of benzene rings is 2. The second-order valence-electron chi connectivity index (χ2n) is 7.06. The molecule has 0 saturated heterocycles. The average Bonchev–Trinajstić information content (AvgIpc) is 2.78. The van der Waals surface area contributed by atoms with E-state index in [1.807, 2.05) is 6.92 Å². The van der Waals surface area contributed by atoms with Gasteiger partial charge >= 0.3 is 6.18 Å². The first-order chi connectivity index (χ1) is 15.7. The monoisotopic (exact) mass is 468 g/mol. The third-order valence-corrected chi connectivity index (χ3v) is 4.48. The summed E-state index contributed by atoms with van der Waals surface area (Å²) in [6.45, 7) is 1.66. The third kappa shape index (κ3) is 9.40. The van der Waals surface area contributed by atoms with Gasteiger partial charge in [-0.2, -0.15) is 13.2 Å². The average molecular weight is 468 g/mol. The summed E-state index contributed by atoms with van der Waals surface area (Å²) in [5.74, 6) is -0.114. The molecule has 0 heterocycles. The SMILES string of the molecule is CCOc1ccc(CC(NC(=O)c2ccc(OCCC(F)(F)F)cc2)C(=O)NCCO)cc1. The van der Waals surface area contributed by atoms with E-state index in [-0.39, 0.29) is 30.9 Å². The molecule has 2 amide bonds. The zero-order valence-corrected chi connectivity index (χ0v) is 18.2. The number of carbonyl (C=O) groups is 2. The second kappa shape index (κ2) is 12.7. The van der Waals surface area contributed by atoms with Crippen molar-refractivity contribution in [2.75, 3.05) is 26.4 Å². The molecule has 2 aromatic carbocycles. The highest BCUT2D eigenvalue weighted by atomic mass is 19.4. The maximum atomic E-state index is 12.7. The topological polar surface area (TPSA) is 96.9 Å². The lowest BCUT2D eigenvalue weighted by Crippen LogP contribution is -2.48. The van der Waals surface area contributed by atoms with Crippen molar-refractivity contribution in [3.8, 4) is 11.5 Å². The van der Waals surface area contributed by atoms with Gasteiger partial charge < -0.3 is 25.2 Å². The third-order valence-electron chi connectivity index (χ3n) is 4.48. The summed E-state index contributed by atoms with van der Waals surface area (Å²) < 4.78 is 47.1. The molecule has 2 rings (SSSR count). The van der Waals surface area contributed by atoms with Crippen molar-refractivity contribution in [3.63, 3.8) is 0 Å². The van der Waals surface area contributed by atoms with E-state index in [1.165, 1.54) is 24.3 Å². The molecule has 7 nitrogen and oxygen atoms in total. The Hall–Kier alpha value is -3.27. The molecule has 1 atom stereocenters. The zero-order valence-electron chi connectivity index (χ0n) is 18.2. The van der Waals surface area contributed by atoms with Crippen LogP contribution in [0.15, 0.2) is 48.5 Å². The number of alkyl halides is 3. The van der Waals surface area contributed by atoms with E-state index in [0.29, 0.717) is 12.4 Å². The smallest absolute Gasteiger partial charge is 0.392 e. The predicted molar refractivity (Wildman–Crippen MR) is 115 cm³/mol. The normalized spacial score (nSPS) is 12.0. The van der Waals surface area contributed by atoms with Crippen LogP contribution >= 0.6 is 0 Å². The molecule has 0 aliphatic heterocycles. The molecule has 0 bridgehead atoms. The molecule has 0 aromatic heterocycles. The Morgan fingerprint density at radius 3 is 2.18 bits per heavy atom. The van der Waals surface area contributed by atoms with Crippen LogP contribution in [0.2, 0.25) is 0 Å². The van der Waals surface area contributed by atoms with Crippen LogP contribution in [0.3, 0.4) is 0 Å². The molecule has 0 aliphatic carbocycles. The molecular formula is C23H27F3N2O5. The molecule has 0 spiro atoms. The van der Waals surface area contributed by atoms with Gasteiger partial charge in [0, 0.05) is 18.5 Å². The molecule has 3 N–H and O–H groups in total. The first kappa shape index (κ1) is 26.0. The maximum absolute atomic E-state index is 12.7. The van der Waals surface area contributed by atoms with E-state index in [2.05, 4.69) is 10.6 Å². The zero-order chi connectivity index (χ0) is 24.3. The molecule has 33 heavy (non-hydrogen) atoms. The number of halogens is 3. The summed E-state index contributed by atoms with van der Waals surface area (Å²) in [6, 6.07) is 11.8. The van der Waals surface area contributed by atoms with Gasteiger partial charge in [0.1, 0.15) is 17.5 Å². The molecule has 0 fully saturated rings. The highest BCUT2D eigenvalue weighted by molar-refractivity contribution is 5.97. The van der Waals surface area contributed by atoms with Crippen LogP contribution < -0.4 is 20.1 Å². The lowest BCUT2D eigenvalue weighted by molar-refractivity contribution is -0.139. The van der Waals surface area contributed by atoms with E-state index < -0.39 is 37.1 Å². The number of nitrogens with one attached hydrogen (secondary N) is 2. The van der Waals surface area contributed by atoms with Crippen LogP contribution in [-0.2, 0) is 11.2 Å². The Labute approximate surface area is 189 Å². The molecule has 0 saturated carbocycles. The fourth-order valence-corrected chi connectivity index (χ4v) is 2.86. The quantitative estimate of drug-likeness (QED) is 0.445. The van der Waals surface area contributed by atoms with Crippen LogP contribution in [0.25, 0.3) is 0 Å². The van der Waals surface area contributed by atoms with Gasteiger partial charge in [0.05, 0.1) is 26.2 Å². The van der Waals surface area contributed by atoms with Gasteiger partial charge in [-0.15, -0.1) is 0 Å². The molecule has 180 valence electrons. The Bertz CT molecular complexity index is 886. The van der Waals surface area contributed by atoms with Gasteiger partial charge in [-0.25, -0.2) is 0 Å². The van der Waals surface area contributed by atoms with Crippen LogP contribution in [0, 0.1) is 0 Å². The van der Waals surface area contributed by atoms with E-state index in [9.17, 15) is 22.8 Å². The molecule has 1 unspecified atom stereocenters. The Kier molecular flexibility index (Phi) is 9.99. The summed E-state index contributed by atoms with van der Waals surface area (Å²) in [5.41, 5.74) is 1.00. The number of amides is 2. The number of rotatable bonds is 12. The number of aliphatic hydroxyl groups excluding tert-OH is 1. The Morgan fingerprint density at radius 2 is 1.61 bits per heavy atom.